The summed E-state index contributed by atoms with van der Waals surface area (Å²) in [5, 5.41) is 3.54. The number of hydrogen-bond donors (Lipinski definition) is 1. The fraction of sp³-hybridized carbons (Fsp3) is 0.667. The Morgan fingerprint density at radius 2 is 1.90 bits per heavy atom. The van der Waals surface area contributed by atoms with Crippen LogP contribution >= 0.6 is 0 Å². The van der Waals surface area contributed by atoms with E-state index in [1.807, 2.05) is 0 Å². The summed E-state index contributed by atoms with van der Waals surface area (Å²) in [6.07, 6.45) is 1.13. The van der Waals surface area contributed by atoms with E-state index in [9.17, 15) is 0 Å². The molecule has 1 fully saturated rings. The lowest BCUT2D eigenvalue weighted by Gasteiger charge is -2.31. The fourth-order valence-electron chi connectivity index (χ4n) is 2.73. The Hall–Kier alpha value is -0.900. The van der Waals surface area contributed by atoms with Gasteiger partial charge in [0, 0.05) is 6.04 Å². The van der Waals surface area contributed by atoms with Crippen molar-refractivity contribution in [3.05, 3.63) is 35.4 Å². The van der Waals surface area contributed by atoms with Crippen LogP contribution < -0.4 is 5.32 Å². The van der Waals surface area contributed by atoms with Crippen molar-refractivity contribution in [3.8, 4) is 0 Å². The van der Waals surface area contributed by atoms with E-state index >= 15 is 0 Å². The van der Waals surface area contributed by atoms with Gasteiger partial charge in [-0.3, -0.25) is 0 Å². The molecule has 1 N–H and O–H groups in total. The van der Waals surface area contributed by atoms with Crippen LogP contribution in [0.15, 0.2) is 24.3 Å². The Balaban J connectivity index is 2.02. The molecule has 0 bridgehead atoms. The minimum Gasteiger partial charge on any atom is -0.376 e. The maximum atomic E-state index is 5.86. The van der Waals surface area contributed by atoms with Gasteiger partial charge in [-0.15, -0.1) is 0 Å². The molecule has 118 valence electrons. The first-order valence-electron chi connectivity index (χ1n) is 8.03. The molecule has 21 heavy (non-hydrogen) atoms. The molecule has 1 saturated heterocycles. The first kappa shape index (κ1) is 16.5. The minimum absolute atomic E-state index is 0.154. The molecular formula is C18H29NO2. The van der Waals surface area contributed by atoms with Gasteiger partial charge in [0.1, 0.15) is 0 Å². The Morgan fingerprint density at radius 3 is 2.43 bits per heavy atom. The van der Waals surface area contributed by atoms with Gasteiger partial charge < -0.3 is 14.8 Å². The van der Waals surface area contributed by atoms with Gasteiger partial charge in [-0.25, -0.2) is 0 Å². The number of likely N-dealkylation sites (N-methyl/N-ethyl adjacent to an activating group) is 1. The standard InChI is InChI=1S/C18H29NO2/c1-5-19-16(17-13-20-10-11-21-17)12-14-6-8-15(9-7-14)18(2,3)4/h6-9,16-17,19H,5,10-13H2,1-4H3. The fourth-order valence-corrected chi connectivity index (χ4v) is 2.73. The van der Waals surface area contributed by atoms with E-state index < -0.39 is 0 Å². The summed E-state index contributed by atoms with van der Waals surface area (Å²) >= 11 is 0. The van der Waals surface area contributed by atoms with Crippen molar-refractivity contribution < 1.29 is 9.47 Å². The molecule has 2 atom stereocenters. The van der Waals surface area contributed by atoms with Crippen molar-refractivity contribution in [3.63, 3.8) is 0 Å². The van der Waals surface area contributed by atoms with E-state index in [-0.39, 0.29) is 11.5 Å². The topological polar surface area (TPSA) is 30.5 Å². The second-order valence-corrected chi connectivity index (χ2v) is 6.80. The van der Waals surface area contributed by atoms with E-state index in [0.717, 1.165) is 19.6 Å². The van der Waals surface area contributed by atoms with Gasteiger partial charge in [0.05, 0.1) is 25.9 Å². The molecule has 1 aliphatic rings. The smallest absolute Gasteiger partial charge is 0.0965 e. The zero-order valence-electron chi connectivity index (χ0n) is 13.8. The molecule has 0 spiro atoms. The van der Waals surface area contributed by atoms with Gasteiger partial charge >= 0.3 is 0 Å². The van der Waals surface area contributed by atoms with Gasteiger partial charge in [0.2, 0.25) is 0 Å². The summed E-state index contributed by atoms with van der Waals surface area (Å²) in [6, 6.07) is 9.30. The Kier molecular flexibility index (Phi) is 5.80. The molecule has 1 heterocycles. The Bertz CT molecular complexity index is 416. The normalized spacial score (nSPS) is 21.2. The van der Waals surface area contributed by atoms with Gasteiger partial charge in [-0.2, -0.15) is 0 Å². The third-order valence-corrected chi connectivity index (χ3v) is 4.03. The zero-order valence-corrected chi connectivity index (χ0v) is 13.8. The van der Waals surface area contributed by atoms with E-state index in [4.69, 9.17) is 9.47 Å². The maximum Gasteiger partial charge on any atom is 0.0965 e. The number of hydrogen-bond acceptors (Lipinski definition) is 3. The van der Waals surface area contributed by atoms with E-state index in [1.54, 1.807) is 0 Å². The molecule has 2 unspecified atom stereocenters. The zero-order chi connectivity index (χ0) is 15.3. The first-order chi connectivity index (χ1) is 10.0. The van der Waals surface area contributed by atoms with Crippen LogP contribution in [0.1, 0.15) is 38.8 Å². The monoisotopic (exact) mass is 291 g/mol. The molecule has 1 aromatic rings. The Morgan fingerprint density at radius 1 is 1.19 bits per heavy atom. The Labute approximate surface area is 129 Å². The van der Waals surface area contributed by atoms with Gasteiger partial charge in [0.25, 0.3) is 0 Å². The van der Waals surface area contributed by atoms with E-state index in [0.29, 0.717) is 19.3 Å². The maximum absolute atomic E-state index is 5.86. The van der Waals surface area contributed by atoms with Crippen LogP contribution in [-0.2, 0) is 21.3 Å². The van der Waals surface area contributed by atoms with Gasteiger partial charge in [0.15, 0.2) is 0 Å². The molecule has 3 heteroatoms. The quantitative estimate of drug-likeness (QED) is 0.905. The molecule has 0 radical (unpaired) electrons. The molecule has 2 rings (SSSR count). The van der Waals surface area contributed by atoms with Crippen molar-refractivity contribution in [2.45, 2.75) is 51.7 Å². The van der Waals surface area contributed by atoms with Crippen molar-refractivity contribution in [2.75, 3.05) is 26.4 Å². The van der Waals surface area contributed by atoms with Crippen molar-refractivity contribution >= 4 is 0 Å². The largest absolute Gasteiger partial charge is 0.376 e. The van der Waals surface area contributed by atoms with Crippen LogP contribution in [0.4, 0.5) is 0 Å². The molecule has 0 aromatic heterocycles. The first-order valence-corrected chi connectivity index (χ1v) is 8.03. The van der Waals surface area contributed by atoms with Gasteiger partial charge in [-0.1, -0.05) is 52.0 Å². The third kappa shape index (κ3) is 4.80. The SMILES string of the molecule is CCNC(Cc1ccc(C(C)(C)C)cc1)C1COCCO1. The van der Waals surface area contributed by atoms with Crippen LogP contribution in [0, 0.1) is 0 Å². The predicted octanol–water partition coefficient (Wildman–Crippen LogP) is 2.92. The van der Waals surface area contributed by atoms with E-state index in [1.165, 1.54) is 11.1 Å². The number of ether oxygens (including phenoxy) is 2. The highest BCUT2D eigenvalue weighted by atomic mass is 16.6. The number of benzene rings is 1. The summed E-state index contributed by atoms with van der Waals surface area (Å²) in [5.74, 6) is 0. The van der Waals surface area contributed by atoms with Crippen LogP contribution in [0.5, 0.6) is 0 Å². The second-order valence-electron chi connectivity index (χ2n) is 6.80. The van der Waals surface area contributed by atoms with Gasteiger partial charge in [-0.05, 0) is 29.5 Å². The summed E-state index contributed by atoms with van der Waals surface area (Å²) < 4.78 is 11.4. The predicted molar refractivity (Wildman–Crippen MR) is 86.9 cm³/mol. The lowest BCUT2D eigenvalue weighted by molar-refractivity contribution is -0.101. The lowest BCUT2D eigenvalue weighted by atomic mass is 9.86. The summed E-state index contributed by atoms with van der Waals surface area (Å²) in [4.78, 5) is 0. The van der Waals surface area contributed by atoms with Crippen molar-refractivity contribution in [1.29, 1.82) is 0 Å². The average molecular weight is 291 g/mol. The molecule has 3 nitrogen and oxygen atoms in total. The number of rotatable bonds is 5. The van der Waals surface area contributed by atoms with Crippen molar-refractivity contribution in [2.24, 2.45) is 0 Å². The summed E-state index contributed by atoms with van der Waals surface area (Å²) in [7, 11) is 0. The molecule has 0 saturated carbocycles. The van der Waals surface area contributed by atoms with Crippen molar-refractivity contribution in [1.82, 2.24) is 5.32 Å². The number of nitrogens with one attached hydrogen (secondary N) is 1. The highest BCUT2D eigenvalue weighted by Crippen LogP contribution is 2.23. The lowest BCUT2D eigenvalue weighted by Crippen LogP contribution is -2.47. The molecule has 0 amide bonds. The van der Waals surface area contributed by atoms with Crippen LogP contribution in [-0.4, -0.2) is 38.5 Å². The third-order valence-electron chi connectivity index (χ3n) is 4.03. The van der Waals surface area contributed by atoms with Crippen LogP contribution in [0.25, 0.3) is 0 Å². The van der Waals surface area contributed by atoms with Crippen LogP contribution in [0.2, 0.25) is 0 Å². The molecule has 1 aliphatic heterocycles. The molecule has 1 aromatic carbocycles. The van der Waals surface area contributed by atoms with Crippen LogP contribution in [0.3, 0.4) is 0 Å². The summed E-state index contributed by atoms with van der Waals surface area (Å²) in [6.45, 7) is 11.9. The minimum atomic E-state index is 0.154. The summed E-state index contributed by atoms with van der Waals surface area (Å²) in [5.41, 5.74) is 2.94. The second kappa shape index (κ2) is 7.39. The highest BCUT2D eigenvalue weighted by Gasteiger charge is 2.24. The average Bonchev–Trinajstić information content (AvgIpc) is 2.47. The molecular weight excluding hydrogens is 262 g/mol. The highest BCUT2D eigenvalue weighted by molar-refractivity contribution is 5.28. The van der Waals surface area contributed by atoms with E-state index in [2.05, 4.69) is 57.3 Å². The molecule has 0 aliphatic carbocycles.